The Kier molecular flexibility index (Phi) is 7.26. The Balaban J connectivity index is 1.60. The molecule has 0 saturated heterocycles. The van der Waals surface area contributed by atoms with Crippen LogP contribution in [0, 0.1) is 5.82 Å². The maximum absolute atomic E-state index is 13.2. The number of benzene rings is 2. The molecule has 0 aliphatic carbocycles. The Morgan fingerprint density at radius 3 is 2.53 bits per heavy atom. The van der Waals surface area contributed by atoms with Gasteiger partial charge in [-0.3, -0.25) is 0 Å². The summed E-state index contributed by atoms with van der Waals surface area (Å²) >= 11 is 11.5. The Morgan fingerprint density at radius 2 is 1.83 bits per heavy atom. The van der Waals surface area contributed by atoms with Crippen molar-refractivity contribution in [3.8, 4) is 11.5 Å². The van der Waals surface area contributed by atoms with Gasteiger partial charge in [-0.1, -0.05) is 23.2 Å². The Bertz CT molecular complexity index is 1040. The van der Waals surface area contributed by atoms with Crippen LogP contribution in [-0.4, -0.2) is 34.2 Å². The molecule has 0 spiro atoms. The maximum atomic E-state index is 13.2. The standard InChI is InChI=1S/C20H16Cl2FN3O4/c21-12-1-3-13(4-2-12)29-8-7-24-20-25-10-15(19(27)28)18(26-20)11-30-14-5-6-17(23)16(22)9-14/h1-6,9-10H,7-8,11H2,(H,27,28)(H,24,25,26). The van der Waals surface area contributed by atoms with Crippen molar-refractivity contribution in [3.05, 3.63) is 75.8 Å². The zero-order valence-electron chi connectivity index (χ0n) is 15.4. The zero-order valence-corrected chi connectivity index (χ0v) is 17.0. The molecule has 7 nitrogen and oxygen atoms in total. The van der Waals surface area contributed by atoms with Crippen molar-refractivity contribution >= 4 is 35.1 Å². The number of hydrogen-bond acceptors (Lipinski definition) is 6. The van der Waals surface area contributed by atoms with E-state index in [4.69, 9.17) is 32.7 Å². The molecule has 0 aliphatic rings. The molecule has 1 aromatic heterocycles. The molecule has 0 atom stereocenters. The molecule has 156 valence electrons. The largest absolute Gasteiger partial charge is 0.492 e. The molecule has 2 N–H and O–H groups in total. The number of rotatable bonds is 9. The molecular weight excluding hydrogens is 436 g/mol. The molecule has 0 radical (unpaired) electrons. The van der Waals surface area contributed by atoms with Crippen molar-refractivity contribution in [1.82, 2.24) is 9.97 Å². The van der Waals surface area contributed by atoms with Gasteiger partial charge in [0.2, 0.25) is 5.95 Å². The number of hydrogen-bond donors (Lipinski definition) is 2. The van der Waals surface area contributed by atoms with E-state index >= 15 is 0 Å². The van der Waals surface area contributed by atoms with E-state index in [0.29, 0.717) is 23.9 Å². The lowest BCUT2D eigenvalue weighted by molar-refractivity contribution is 0.0692. The lowest BCUT2D eigenvalue weighted by Gasteiger charge is -2.11. The van der Waals surface area contributed by atoms with Crippen LogP contribution in [0.15, 0.2) is 48.7 Å². The number of carbonyl (C=O) groups is 1. The molecule has 3 rings (SSSR count). The van der Waals surface area contributed by atoms with E-state index in [9.17, 15) is 14.3 Å². The van der Waals surface area contributed by atoms with Gasteiger partial charge in [-0.2, -0.15) is 0 Å². The van der Waals surface area contributed by atoms with E-state index in [1.54, 1.807) is 24.3 Å². The topological polar surface area (TPSA) is 93.6 Å². The van der Waals surface area contributed by atoms with Crippen LogP contribution in [0.3, 0.4) is 0 Å². The third kappa shape index (κ3) is 5.95. The molecule has 10 heteroatoms. The predicted molar refractivity (Wildman–Crippen MR) is 110 cm³/mol. The fraction of sp³-hybridized carbons (Fsp3) is 0.150. The lowest BCUT2D eigenvalue weighted by Crippen LogP contribution is -2.16. The molecule has 3 aromatic rings. The van der Waals surface area contributed by atoms with Crippen molar-refractivity contribution in [2.45, 2.75) is 6.61 Å². The molecule has 0 bridgehead atoms. The molecule has 0 unspecified atom stereocenters. The van der Waals surface area contributed by atoms with Gasteiger partial charge in [-0.15, -0.1) is 0 Å². The summed E-state index contributed by atoms with van der Waals surface area (Å²) in [5.74, 6) is -0.610. The monoisotopic (exact) mass is 451 g/mol. The second kappa shape index (κ2) is 10.1. The van der Waals surface area contributed by atoms with Crippen LogP contribution in [0.1, 0.15) is 16.1 Å². The maximum Gasteiger partial charge on any atom is 0.339 e. The smallest absolute Gasteiger partial charge is 0.339 e. The van der Waals surface area contributed by atoms with Crippen LogP contribution in [-0.2, 0) is 6.61 Å². The first-order valence-corrected chi connectivity index (χ1v) is 9.47. The van der Waals surface area contributed by atoms with Gasteiger partial charge in [0.25, 0.3) is 0 Å². The predicted octanol–water partition coefficient (Wildman–Crippen LogP) is 4.69. The van der Waals surface area contributed by atoms with Gasteiger partial charge >= 0.3 is 5.97 Å². The second-order valence-electron chi connectivity index (χ2n) is 5.95. The molecule has 0 amide bonds. The number of carboxylic acid groups (broad SMARTS) is 1. The van der Waals surface area contributed by atoms with Crippen LogP contribution in [0.25, 0.3) is 0 Å². The van der Waals surface area contributed by atoms with Gasteiger partial charge in [0.15, 0.2) is 0 Å². The van der Waals surface area contributed by atoms with Crippen LogP contribution in [0.2, 0.25) is 10.0 Å². The first-order valence-electron chi connectivity index (χ1n) is 8.71. The highest BCUT2D eigenvalue weighted by molar-refractivity contribution is 6.31. The number of anilines is 1. The highest BCUT2D eigenvalue weighted by atomic mass is 35.5. The van der Waals surface area contributed by atoms with Crippen molar-refractivity contribution < 1.29 is 23.8 Å². The SMILES string of the molecule is O=C(O)c1cnc(NCCOc2ccc(Cl)cc2)nc1COc1ccc(F)c(Cl)c1. The normalized spacial score (nSPS) is 10.5. The summed E-state index contributed by atoms with van der Waals surface area (Å²) in [7, 11) is 0. The Hall–Kier alpha value is -3.10. The van der Waals surface area contributed by atoms with Crippen LogP contribution in [0.4, 0.5) is 10.3 Å². The molecule has 1 heterocycles. The van der Waals surface area contributed by atoms with E-state index in [1.807, 2.05) is 0 Å². The molecule has 0 saturated carbocycles. The number of halogens is 3. The van der Waals surface area contributed by atoms with Gasteiger partial charge in [-0.05, 0) is 36.4 Å². The van der Waals surface area contributed by atoms with E-state index in [2.05, 4.69) is 15.3 Å². The zero-order chi connectivity index (χ0) is 21.5. The fourth-order valence-corrected chi connectivity index (χ4v) is 2.67. The number of nitrogens with one attached hydrogen (secondary N) is 1. The van der Waals surface area contributed by atoms with E-state index < -0.39 is 11.8 Å². The van der Waals surface area contributed by atoms with Gasteiger partial charge in [0.1, 0.15) is 36.1 Å². The number of aromatic carboxylic acids is 1. The van der Waals surface area contributed by atoms with Crippen molar-refractivity contribution in [3.63, 3.8) is 0 Å². The summed E-state index contributed by atoms with van der Waals surface area (Å²) in [4.78, 5) is 19.6. The minimum atomic E-state index is -1.19. The second-order valence-corrected chi connectivity index (χ2v) is 6.80. The summed E-state index contributed by atoms with van der Waals surface area (Å²) in [5.41, 5.74) is 0.0465. The number of carboxylic acids is 1. The average molecular weight is 452 g/mol. The molecular formula is C20H16Cl2FN3O4. The Labute approximate surface area is 181 Å². The molecule has 0 aliphatic heterocycles. The van der Waals surface area contributed by atoms with Gasteiger partial charge in [0, 0.05) is 17.3 Å². The number of nitrogens with zero attached hydrogens (tertiary/aromatic N) is 2. The van der Waals surface area contributed by atoms with Crippen molar-refractivity contribution in [2.75, 3.05) is 18.5 Å². The van der Waals surface area contributed by atoms with Gasteiger partial charge in [-0.25, -0.2) is 19.2 Å². The summed E-state index contributed by atoms with van der Waals surface area (Å²) in [5, 5.41) is 12.8. The van der Waals surface area contributed by atoms with Crippen LogP contribution < -0.4 is 14.8 Å². The third-order valence-corrected chi connectivity index (χ3v) is 4.37. The summed E-state index contributed by atoms with van der Waals surface area (Å²) in [6.07, 6.45) is 1.19. The molecule has 2 aromatic carbocycles. The highest BCUT2D eigenvalue weighted by Gasteiger charge is 2.15. The average Bonchev–Trinajstić information content (AvgIpc) is 2.73. The quantitative estimate of drug-likeness (QED) is 0.455. The Morgan fingerprint density at radius 1 is 1.10 bits per heavy atom. The molecule has 30 heavy (non-hydrogen) atoms. The minimum Gasteiger partial charge on any atom is -0.492 e. The molecule has 0 fully saturated rings. The van der Waals surface area contributed by atoms with Crippen LogP contribution in [0.5, 0.6) is 11.5 Å². The fourth-order valence-electron chi connectivity index (χ4n) is 2.37. The van der Waals surface area contributed by atoms with E-state index in [0.717, 1.165) is 6.07 Å². The highest BCUT2D eigenvalue weighted by Crippen LogP contribution is 2.22. The van der Waals surface area contributed by atoms with E-state index in [-0.39, 0.29) is 34.6 Å². The number of ether oxygens (including phenoxy) is 2. The first kappa shape index (κ1) is 21.6. The minimum absolute atomic E-state index is 0.100. The third-order valence-electron chi connectivity index (χ3n) is 3.83. The van der Waals surface area contributed by atoms with Crippen LogP contribution >= 0.6 is 23.2 Å². The lowest BCUT2D eigenvalue weighted by atomic mass is 10.2. The van der Waals surface area contributed by atoms with E-state index in [1.165, 1.54) is 18.3 Å². The first-order chi connectivity index (χ1) is 14.4. The van der Waals surface area contributed by atoms with Gasteiger partial charge in [0.05, 0.1) is 17.3 Å². The summed E-state index contributed by atoms with van der Waals surface area (Å²) in [6, 6.07) is 10.8. The number of aromatic nitrogens is 2. The summed E-state index contributed by atoms with van der Waals surface area (Å²) < 4.78 is 24.3. The summed E-state index contributed by atoms with van der Waals surface area (Å²) in [6.45, 7) is 0.538. The van der Waals surface area contributed by atoms with Gasteiger partial charge < -0.3 is 19.9 Å². The van der Waals surface area contributed by atoms with Crippen molar-refractivity contribution in [1.29, 1.82) is 0 Å². The van der Waals surface area contributed by atoms with Crippen molar-refractivity contribution in [2.24, 2.45) is 0 Å².